The van der Waals surface area contributed by atoms with Gasteiger partial charge in [0.1, 0.15) is 12.2 Å². The fourth-order valence-electron chi connectivity index (χ4n) is 2.02. The minimum atomic E-state index is -1.05. The van der Waals surface area contributed by atoms with Crippen molar-refractivity contribution in [3.05, 3.63) is 24.3 Å². The van der Waals surface area contributed by atoms with Crippen LogP contribution < -0.4 is 0 Å². The molecule has 1 heterocycles. The van der Waals surface area contributed by atoms with Crippen LogP contribution in [0.5, 0.6) is 0 Å². The molecule has 0 aliphatic carbocycles. The maximum Gasteiger partial charge on any atom is 0.331 e. The highest BCUT2D eigenvalue weighted by molar-refractivity contribution is 5.82. The highest BCUT2D eigenvalue weighted by Crippen LogP contribution is 2.16. The quantitative estimate of drug-likeness (QED) is 0.358. The zero-order chi connectivity index (χ0) is 17.4. The third kappa shape index (κ3) is 6.65. The van der Waals surface area contributed by atoms with E-state index >= 15 is 0 Å². The Morgan fingerprint density at radius 1 is 1.30 bits per heavy atom. The van der Waals surface area contributed by atoms with Crippen LogP contribution in [0.1, 0.15) is 33.6 Å². The Morgan fingerprint density at radius 3 is 2.57 bits per heavy atom. The molecule has 0 bridgehead atoms. The standard InChI is InChI=1S/C16H22O7/c1-4-5-15(19)23-13-7-8-14(22-11(3)17)12(18)6-9-16(20)21-10(13)2/h4-5,7-8,10,12-14,18H,6,9H2,1-3H3/b5-4+,8-7+/t10-,12-,13-,14+/m1/s1. The van der Waals surface area contributed by atoms with E-state index in [0.29, 0.717) is 0 Å². The van der Waals surface area contributed by atoms with Crippen LogP contribution >= 0.6 is 0 Å². The molecular weight excluding hydrogens is 304 g/mol. The summed E-state index contributed by atoms with van der Waals surface area (Å²) in [5.74, 6) is -1.68. The first-order valence-corrected chi connectivity index (χ1v) is 7.40. The van der Waals surface area contributed by atoms with Crippen LogP contribution in [0.15, 0.2) is 24.3 Å². The lowest BCUT2D eigenvalue weighted by molar-refractivity contribution is -0.162. The van der Waals surface area contributed by atoms with Crippen LogP contribution in [0.3, 0.4) is 0 Å². The molecule has 0 radical (unpaired) electrons. The van der Waals surface area contributed by atoms with Gasteiger partial charge >= 0.3 is 17.9 Å². The number of carbonyl (C=O) groups excluding carboxylic acids is 3. The predicted octanol–water partition coefficient (Wildman–Crippen LogP) is 1.05. The first kappa shape index (κ1) is 18.9. The normalized spacial score (nSPS) is 30.3. The van der Waals surface area contributed by atoms with Crippen molar-refractivity contribution in [3.63, 3.8) is 0 Å². The second kappa shape index (κ2) is 9.09. The number of esters is 3. The van der Waals surface area contributed by atoms with Crippen LogP contribution in [0.4, 0.5) is 0 Å². The predicted molar refractivity (Wildman–Crippen MR) is 80.2 cm³/mol. The van der Waals surface area contributed by atoms with Crippen molar-refractivity contribution >= 4 is 17.9 Å². The highest BCUT2D eigenvalue weighted by atomic mass is 16.6. The van der Waals surface area contributed by atoms with Gasteiger partial charge in [0.15, 0.2) is 6.10 Å². The molecule has 0 spiro atoms. The lowest BCUT2D eigenvalue weighted by Crippen LogP contribution is -2.35. The van der Waals surface area contributed by atoms with E-state index in [2.05, 4.69) is 0 Å². The number of ether oxygens (including phenoxy) is 3. The molecule has 0 aromatic carbocycles. The molecule has 1 rings (SSSR count). The summed E-state index contributed by atoms with van der Waals surface area (Å²) in [6.45, 7) is 4.48. The Hall–Kier alpha value is -2.15. The largest absolute Gasteiger partial charge is 0.458 e. The fraction of sp³-hybridized carbons (Fsp3) is 0.562. The van der Waals surface area contributed by atoms with Crippen molar-refractivity contribution in [2.45, 2.75) is 58.0 Å². The topological polar surface area (TPSA) is 99.1 Å². The summed E-state index contributed by atoms with van der Waals surface area (Å²) in [6, 6.07) is 0. The molecule has 128 valence electrons. The number of hydrogen-bond acceptors (Lipinski definition) is 7. The van der Waals surface area contributed by atoms with E-state index in [-0.39, 0.29) is 12.8 Å². The van der Waals surface area contributed by atoms with Crippen LogP contribution in [0.2, 0.25) is 0 Å². The van der Waals surface area contributed by atoms with Gasteiger partial charge < -0.3 is 19.3 Å². The van der Waals surface area contributed by atoms with Crippen LogP contribution in [-0.4, -0.2) is 47.4 Å². The lowest BCUT2D eigenvalue weighted by atomic mass is 10.0. The lowest BCUT2D eigenvalue weighted by Gasteiger charge is -2.25. The van der Waals surface area contributed by atoms with Crippen LogP contribution in [-0.2, 0) is 28.6 Å². The van der Waals surface area contributed by atoms with E-state index in [4.69, 9.17) is 14.2 Å². The van der Waals surface area contributed by atoms with Crippen molar-refractivity contribution in [1.82, 2.24) is 0 Å². The summed E-state index contributed by atoms with van der Waals surface area (Å²) in [5.41, 5.74) is 0. The Morgan fingerprint density at radius 2 is 1.96 bits per heavy atom. The van der Waals surface area contributed by atoms with Gasteiger partial charge in [-0.25, -0.2) is 4.79 Å². The summed E-state index contributed by atoms with van der Waals surface area (Å²) in [4.78, 5) is 34.4. The summed E-state index contributed by atoms with van der Waals surface area (Å²) >= 11 is 0. The summed E-state index contributed by atoms with van der Waals surface area (Å²) in [6.07, 6.45) is 2.16. The monoisotopic (exact) mass is 326 g/mol. The third-order valence-corrected chi connectivity index (χ3v) is 3.15. The fourth-order valence-corrected chi connectivity index (χ4v) is 2.02. The highest BCUT2D eigenvalue weighted by Gasteiger charge is 2.27. The minimum absolute atomic E-state index is 0.0351. The average Bonchev–Trinajstić information content (AvgIpc) is 2.46. The average molecular weight is 326 g/mol. The van der Waals surface area contributed by atoms with Crippen molar-refractivity contribution < 1.29 is 33.7 Å². The molecule has 23 heavy (non-hydrogen) atoms. The number of rotatable bonds is 3. The number of aliphatic hydroxyl groups excluding tert-OH is 1. The Bertz CT molecular complexity index is 495. The SMILES string of the molecule is C/C=C/C(=O)O[C@@H]1/C=C/[C@H](OC(C)=O)[C@H](O)CCC(=O)O[C@@H]1C. The van der Waals surface area contributed by atoms with Crippen LogP contribution in [0, 0.1) is 0 Å². The van der Waals surface area contributed by atoms with Gasteiger partial charge in [0, 0.05) is 19.4 Å². The Labute approximate surface area is 134 Å². The molecule has 0 amide bonds. The number of allylic oxidation sites excluding steroid dienone is 1. The first-order valence-electron chi connectivity index (χ1n) is 7.40. The molecule has 0 unspecified atom stereocenters. The van der Waals surface area contributed by atoms with Crippen molar-refractivity contribution in [1.29, 1.82) is 0 Å². The van der Waals surface area contributed by atoms with Crippen molar-refractivity contribution in [3.8, 4) is 0 Å². The summed E-state index contributed by atoms with van der Waals surface area (Å²) < 4.78 is 15.4. The number of cyclic esters (lactones) is 1. The van der Waals surface area contributed by atoms with E-state index in [1.165, 1.54) is 31.2 Å². The number of carbonyl (C=O) groups is 3. The summed E-state index contributed by atoms with van der Waals surface area (Å²) in [7, 11) is 0. The molecule has 0 fully saturated rings. The zero-order valence-electron chi connectivity index (χ0n) is 13.4. The van der Waals surface area contributed by atoms with Gasteiger partial charge in [-0.3, -0.25) is 9.59 Å². The molecule has 1 aliphatic heterocycles. The Kier molecular flexibility index (Phi) is 7.47. The maximum atomic E-state index is 11.7. The Balaban J connectivity index is 2.99. The molecule has 1 aliphatic rings. The molecule has 0 aromatic rings. The molecule has 7 nitrogen and oxygen atoms in total. The second-order valence-corrected chi connectivity index (χ2v) is 5.16. The molecule has 7 heteroatoms. The number of hydrogen-bond donors (Lipinski definition) is 1. The van der Waals surface area contributed by atoms with Gasteiger partial charge in [-0.2, -0.15) is 0 Å². The molecule has 0 saturated carbocycles. The molecule has 0 saturated heterocycles. The second-order valence-electron chi connectivity index (χ2n) is 5.16. The maximum absolute atomic E-state index is 11.7. The van der Waals surface area contributed by atoms with Gasteiger partial charge in [0.05, 0.1) is 6.10 Å². The van der Waals surface area contributed by atoms with E-state index in [0.717, 1.165) is 0 Å². The molecule has 4 atom stereocenters. The van der Waals surface area contributed by atoms with Gasteiger partial charge in [0.2, 0.25) is 0 Å². The van der Waals surface area contributed by atoms with Gasteiger partial charge in [-0.1, -0.05) is 6.08 Å². The van der Waals surface area contributed by atoms with Crippen molar-refractivity contribution in [2.75, 3.05) is 0 Å². The van der Waals surface area contributed by atoms with Gasteiger partial charge in [-0.15, -0.1) is 0 Å². The van der Waals surface area contributed by atoms with E-state index < -0.39 is 42.3 Å². The first-order chi connectivity index (χ1) is 10.8. The minimum Gasteiger partial charge on any atom is -0.458 e. The number of aliphatic hydroxyl groups is 1. The van der Waals surface area contributed by atoms with Crippen LogP contribution in [0.25, 0.3) is 0 Å². The summed E-state index contributed by atoms with van der Waals surface area (Å²) in [5, 5.41) is 10.0. The van der Waals surface area contributed by atoms with Gasteiger partial charge in [-0.05, 0) is 32.4 Å². The smallest absolute Gasteiger partial charge is 0.331 e. The molecule has 0 aromatic heterocycles. The third-order valence-electron chi connectivity index (χ3n) is 3.15. The van der Waals surface area contributed by atoms with Gasteiger partial charge in [0.25, 0.3) is 0 Å². The molecule has 1 N–H and O–H groups in total. The van der Waals surface area contributed by atoms with E-state index in [1.54, 1.807) is 13.8 Å². The van der Waals surface area contributed by atoms with E-state index in [9.17, 15) is 19.5 Å². The van der Waals surface area contributed by atoms with Crippen molar-refractivity contribution in [2.24, 2.45) is 0 Å². The van der Waals surface area contributed by atoms with E-state index in [1.807, 2.05) is 0 Å². The molecular formula is C16H22O7. The zero-order valence-corrected chi connectivity index (χ0v) is 13.4.